The number of esters is 4. The van der Waals surface area contributed by atoms with E-state index in [1.54, 1.807) is 0 Å². The molecule has 0 aromatic rings. The molecule has 0 aliphatic heterocycles. The second kappa shape index (κ2) is 67.9. The molecule has 0 fully saturated rings. The third-order valence-corrected chi connectivity index (χ3v) is 19.6. The minimum absolute atomic E-state index is 0.106. The minimum atomic E-state index is -4.96. The summed E-state index contributed by atoms with van der Waals surface area (Å²) in [6.45, 7) is 9.56. The van der Waals surface area contributed by atoms with Crippen molar-refractivity contribution >= 4 is 39.5 Å². The Hall–Kier alpha value is -1.94. The van der Waals surface area contributed by atoms with Crippen LogP contribution < -0.4 is 0 Å². The fraction of sp³-hybridized carbons (Fsp3) is 0.947. The molecule has 0 radical (unpaired) electrons. The highest BCUT2D eigenvalue weighted by atomic mass is 31.2. The van der Waals surface area contributed by atoms with Gasteiger partial charge in [-0.25, -0.2) is 9.13 Å². The van der Waals surface area contributed by atoms with Gasteiger partial charge in [0.15, 0.2) is 12.2 Å². The van der Waals surface area contributed by atoms with Gasteiger partial charge in [0.1, 0.15) is 19.3 Å². The van der Waals surface area contributed by atoms with E-state index in [1.165, 1.54) is 212 Å². The van der Waals surface area contributed by atoms with E-state index in [0.717, 1.165) is 102 Å². The summed E-state index contributed by atoms with van der Waals surface area (Å²) < 4.78 is 68.6. The molecule has 0 saturated carbocycles. The summed E-state index contributed by atoms with van der Waals surface area (Å²) in [4.78, 5) is 72.8. The SMILES string of the molecule is CCCCCCCCCCCCCCCCCCC(=O)O[C@H](COC(=O)CCCCCCCCCCCCCCCCC)COP(=O)(O)OC[C@@H](O)COP(=O)(O)OC[C@@H](COC(=O)CCCCCCCCCCC(C)C)OC(=O)CCCCCCCCCCCCC(C)C. The summed E-state index contributed by atoms with van der Waals surface area (Å²) in [7, 11) is -9.91. The summed E-state index contributed by atoms with van der Waals surface area (Å²) in [5, 5.41) is 10.6. The van der Waals surface area contributed by atoms with Gasteiger partial charge in [0.25, 0.3) is 0 Å². The number of phosphoric ester groups is 2. The molecule has 17 nitrogen and oxygen atoms in total. The van der Waals surface area contributed by atoms with Crippen molar-refractivity contribution in [3.63, 3.8) is 0 Å². The molecular weight excluding hydrogens is 1250 g/mol. The highest BCUT2D eigenvalue weighted by Gasteiger charge is 2.30. The van der Waals surface area contributed by atoms with Crippen molar-refractivity contribution in [3.8, 4) is 0 Å². The van der Waals surface area contributed by atoms with Crippen LogP contribution >= 0.6 is 15.6 Å². The molecule has 0 aromatic carbocycles. The smallest absolute Gasteiger partial charge is 0.462 e. The first kappa shape index (κ1) is 93.1. The van der Waals surface area contributed by atoms with E-state index in [2.05, 4.69) is 41.5 Å². The second-order valence-corrected chi connectivity index (χ2v) is 31.3. The largest absolute Gasteiger partial charge is 0.472 e. The second-order valence-electron chi connectivity index (χ2n) is 28.3. The predicted molar refractivity (Wildman–Crippen MR) is 386 cm³/mol. The number of hydrogen-bond acceptors (Lipinski definition) is 15. The number of ether oxygens (including phenoxy) is 4. The van der Waals surface area contributed by atoms with Crippen LogP contribution in [0.1, 0.15) is 395 Å². The highest BCUT2D eigenvalue weighted by Crippen LogP contribution is 2.45. The number of aliphatic hydroxyl groups is 1. The fourth-order valence-electron chi connectivity index (χ4n) is 11.7. The predicted octanol–water partition coefficient (Wildman–Crippen LogP) is 22.3. The third kappa shape index (κ3) is 70.3. The number of aliphatic hydroxyl groups excluding tert-OH is 1. The Kier molecular flexibility index (Phi) is 66.5. The van der Waals surface area contributed by atoms with Gasteiger partial charge in [0.2, 0.25) is 0 Å². The van der Waals surface area contributed by atoms with Crippen molar-refractivity contribution in [2.75, 3.05) is 39.6 Å². The number of phosphoric acid groups is 2. The summed E-state index contributed by atoms with van der Waals surface area (Å²) in [5.74, 6) is -0.636. The van der Waals surface area contributed by atoms with E-state index in [4.69, 9.17) is 37.0 Å². The first-order chi connectivity index (χ1) is 45.9. The molecule has 0 bridgehead atoms. The van der Waals surface area contributed by atoms with Crippen LogP contribution in [0, 0.1) is 11.8 Å². The van der Waals surface area contributed by atoms with Crippen molar-refractivity contribution in [2.24, 2.45) is 11.8 Å². The topological polar surface area (TPSA) is 237 Å². The van der Waals surface area contributed by atoms with Crippen LogP contribution in [0.25, 0.3) is 0 Å². The average molecular weight is 1400 g/mol. The van der Waals surface area contributed by atoms with Gasteiger partial charge in [-0.1, -0.05) is 343 Å². The molecule has 0 amide bonds. The van der Waals surface area contributed by atoms with Gasteiger partial charge in [-0.3, -0.25) is 37.3 Å². The first-order valence-electron chi connectivity index (χ1n) is 39.5. The van der Waals surface area contributed by atoms with Crippen molar-refractivity contribution in [2.45, 2.75) is 413 Å². The van der Waals surface area contributed by atoms with Crippen LogP contribution in [-0.4, -0.2) is 96.7 Å². The Labute approximate surface area is 581 Å². The lowest BCUT2D eigenvalue weighted by Gasteiger charge is -2.21. The monoisotopic (exact) mass is 1400 g/mol. The molecule has 0 spiro atoms. The zero-order valence-electron chi connectivity index (χ0n) is 62.0. The summed E-state index contributed by atoms with van der Waals surface area (Å²) >= 11 is 0. The van der Waals surface area contributed by atoms with E-state index < -0.39 is 97.5 Å². The van der Waals surface area contributed by atoms with Crippen LogP contribution in [0.4, 0.5) is 0 Å². The lowest BCUT2D eigenvalue weighted by molar-refractivity contribution is -0.161. The summed E-state index contributed by atoms with van der Waals surface area (Å²) in [5.41, 5.74) is 0. The van der Waals surface area contributed by atoms with Crippen molar-refractivity contribution in [1.29, 1.82) is 0 Å². The molecule has 0 heterocycles. The molecule has 0 rings (SSSR count). The minimum Gasteiger partial charge on any atom is -0.462 e. The van der Waals surface area contributed by atoms with E-state index in [9.17, 15) is 43.2 Å². The van der Waals surface area contributed by atoms with Gasteiger partial charge in [-0.2, -0.15) is 0 Å². The van der Waals surface area contributed by atoms with Crippen LogP contribution in [0.3, 0.4) is 0 Å². The number of hydrogen-bond donors (Lipinski definition) is 3. The normalized spacial score (nSPS) is 14.0. The van der Waals surface area contributed by atoms with Crippen molar-refractivity contribution < 1.29 is 80.2 Å². The van der Waals surface area contributed by atoms with E-state index in [1.807, 2.05) is 0 Å². The van der Waals surface area contributed by atoms with E-state index in [-0.39, 0.29) is 25.7 Å². The Morgan fingerprint density at radius 1 is 0.284 bits per heavy atom. The zero-order chi connectivity index (χ0) is 70.0. The van der Waals surface area contributed by atoms with E-state index in [0.29, 0.717) is 25.7 Å². The Balaban J connectivity index is 5.26. The maximum atomic E-state index is 13.1. The van der Waals surface area contributed by atoms with Crippen LogP contribution in [0.5, 0.6) is 0 Å². The maximum absolute atomic E-state index is 13.1. The lowest BCUT2D eigenvalue weighted by Crippen LogP contribution is -2.30. The third-order valence-electron chi connectivity index (χ3n) is 17.7. The number of rotatable bonds is 75. The Morgan fingerprint density at radius 3 is 0.716 bits per heavy atom. The molecular formula is C76H148O17P2. The highest BCUT2D eigenvalue weighted by molar-refractivity contribution is 7.47. The Morgan fingerprint density at radius 2 is 0.484 bits per heavy atom. The Bertz CT molecular complexity index is 1840. The molecule has 3 N–H and O–H groups in total. The number of carbonyl (C=O) groups excluding carboxylic acids is 4. The summed E-state index contributed by atoms with van der Waals surface area (Å²) in [6.07, 6.45) is 55.4. The summed E-state index contributed by atoms with van der Waals surface area (Å²) in [6, 6.07) is 0. The molecule has 2 unspecified atom stereocenters. The molecule has 0 aromatic heterocycles. The molecule has 0 aliphatic rings. The molecule has 0 aliphatic carbocycles. The maximum Gasteiger partial charge on any atom is 0.472 e. The molecule has 19 heteroatoms. The molecule has 95 heavy (non-hydrogen) atoms. The van der Waals surface area contributed by atoms with E-state index >= 15 is 0 Å². The average Bonchev–Trinajstić information content (AvgIpc) is 3.04. The fourth-order valence-corrected chi connectivity index (χ4v) is 13.2. The first-order valence-corrected chi connectivity index (χ1v) is 42.5. The van der Waals surface area contributed by atoms with Crippen molar-refractivity contribution in [1.82, 2.24) is 0 Å². The van der Waals surface area contributed by atoms with Gasteiger partial charge in [0.05, 0.1) is 26.4 Å². The van der Waals surface area contributed by atoms with Crippen LogP contribution in [-0.2, 0) is 65.4 Å². The number of carbonyl (C=O) groups is 4. The van der Waals surface area contributed by atoms with Gasteiger partial charge in [0, 0.05) is 25.7 Å². The van der Waals surface area contributed by atoms with Crippen LogP contribution in [0.15, 0.2) is 0 Å². The number of unbranched alkanes of at least 4 members (excludes halogenated alkanes) is 45. The zero-order valence-corrected chi connectivity index (χ0v) is 63.8. The van der Waals surface area contributed by atoms with Crippen LogP contribution in [0.2, 0.25) is 0 Å². The van der Waals surface area contributed by atoms with Gasteiger partial charge >= 0.3 is 39.5 Å². The lowest BCUT2D eigenvalue weighted by atomic mass is 10.0. The van der Waals surface area contributed by atoms with Crippen molar-refractivity contribution in [3.05, 3.63) is 0 Å². The molecule has 5 atom stereocenters. The van der Waals surface area contributed by atoms with Gasteiger partial charge in [-0.15, -0.1) is 0 Å². The van der Waals surface area contributed by atoms with Gasteiger partial charge in [-0.05, 0) is 37.5 Å². The molecule has 0 saturated heterocycles. The van der Waals surface area contributed by atoms with Gasteiger partial charge < -0.3 is 33.8 Å². The standard InChI is InChI=1S/C76H148O17P2/c1-7-9-11-13-15-17-19-21-23-25-27-29-34-42-48-54-60-75(80)92-71(64-86-73(78)58-52-46-40-33-28-26-24-22-20-18-16-14-12-10-8-2)66-90-94(82,83)88-62-70(77)63-89-95(84,85)91-67-72(65-87-74(79)59-53-47-41-37-36-39-45-51-57-69(5)6)93-76(81)61-55-49-43-35-31-30-32-38-44-50-56-68(3)4/h68-72,77H,7-67H2,1-6H3,(H,82,83)(H,84,85)/t70-,71-,72-/m1/s1. The molecule has 564 valence electrons. The quantitative estimate of drug-likeness (QED) is 0.0222.